The first-order valence-corrected chi connectivity index (χ1v) is 6.34. The molecule has 0 saturated heterocycles. The van der Waals surface area contributed by atoms with E-state index in [0.717, 1.165) is 12.1 Å². The normalized spacial score (nSPS) is 10.2. The fourth-order valence-electron chi connectivity index (χ4n) is 1.83. The van der Waals surface area contributed by atoms with Crippen molar-refractivity contribution in [3.05, 3.63) is 34.1 Å². The summed E-state index contributed by atoms with van der Waals surface area (Å²) in [6.07, 6.45) is 0.688. The van der Waals surface area contributed by atoms with Crippen molar-refractivity contribution in [1.82, 2.24) is 0 Å². The smallest absolute Gasteiger partial charge is 0.325 e. The van der Waals surface area contributed by atoms with Gasteiger partial charge >= 0.3 is 5.97 Å². The molecule has 0 spiro atoms. The molecule has 1 rings (SSSR count). The molecule has 0 aliphatic rings. The fourth-order valence-corrected chi connectivity index (χ4v) is 1.83. The molecule has 0 fully saturated rings. The van der Waals surface area contributed by atoms with Crippen molar-refractivity contribution in [1.29, 1.82) is 0 Å². The maximum Gasteiger partial charge on any atom is 0.325 e. The van der Waals surface area contributed by atoms with Crippen molar-refractivity contribution in [2.75, 3.05) is 24.6 Å². The minimum Gasteiger partial charge on any atom is -0.465 e. The van der Waals surface area contributed by atoms with Gasteiger partial charge in [-0.3, -0.25) is 14.9 Å². The van der Waals surface area contributed by atoms with Crippen molar-refractivity contribution < 1.29 is 18.8 Å². The van der Waals surface area contributed by atoms with Gasteiger partial charge < -0.3 is 9.64 Å². The Morgan fingerprint density at radius 1 is 1.45 bits per heavy atom. The van der Waals surface area contributed by atoms with Crippen molar-refractivity contribution >= 4 is 17.3 Å². The van der Waals surface area contributed by atoms with Crippen LogP contribution in [0.4, 0.5) is 15.8 Å². The van der Waals surface area contributed by atoms with E-state index in [9.17, 15) is 19.3 Å². The number of rotatable bonds is 7. The molecule has 1 aromatic carbocycles. The van der Waals surface area contributed by atoms with Crippen LogP contribution in [0.2, 0.25) is 0 Å². The maximum atomic E-state index is 13.1. The Balaban J connectivity index is 3.07. The minimum absolute atomic E-state index is 0.103. The Hall–Kier alpha value is -2.18. The second-order valence-corrected chi connectivity index (χ2v) is 4.12. The van der Waals surface area contributed by atoms with Gasteiger partial charge in [-0.25, -0.2) is 4.39 Å². The summed E-state index contributed by atoms with van der Waals surface area (Å²) in [5.41, 5.74) is -0.144. The van der Waals surface area contributed by atoms with Crippen LogP contribution in [-0.2, 0) is 9.53 Å². The fraction of sp³-hybridized carbons (Fsp3) is 0.462. The molecule has 0 bridgehead atoms. The Labute approximate surface area is 116 Å². The van der Waals surface area contributed by atoms with Crippen LogP contribution in [0.1, 0.15) is 20.3 Å². The van der Waals surface area contributed by atoms with Gasteiger partial charge in [0, 0.05) is 6.54 Å². The number of esters is 1. The van der Waals surface area contributed by atoms with Crippen LogP contribution in [0.3, 0.4) is 0 Å². The average Bonchev–Trinajstić information content (AvgIpc) is 2.38. The van der Waals surface area contributed by atoms with Gasteiger partial charge in [0.05, 0.1) is 17.6 Å². The lowest BCUT2D eigenvalue weighted by molar-refractivity contribution is -0.384. The monoisotopic (exact) mass is 284 g/mol. The van der Waals surface area contributed by atoms with Crippen molar-refractivity contribution in [2.45, 2.75) is 20.3 Å². The van der Waals surface area contributed by atoms with Crippen molar-refractivity contribution in [3.8, 4) is 0 Å². The van der Waals surface area contributed by atoms with Crippen molar-refractivity contribution in [3.63, 3.8) is 0 Å². The molecule has 0 unspecified atom stereocenters. The lowest BCUT2D eigenvalue weighted by Gasteiger charge is -2.22. The second-order valence-electron chi connectivity index (χ2n) is 4.12. The maximum absolute atomic E-state index is 13.1. The summed E-state index contributed by atoms with van der Waals surface area (Å²) in [5.74, 6) is -1.16. The lowest BCUT2D eigenvalue weighted by atomic mass is 10.2. The molecule has 0 aromatic heterocycles. The highest BCUT2D eigenvalue weighted by Gasteiger charge is 2.22. The third-order valence-electron chi connectivity index (χ3n) is 2.59. The number of halogens is 1. The van der Waals surface area contributed by atoms with E-state index in [0.29, 0.717) is 13.0 Å². The predicted molar refractivity (Wildman–Crippen MR) is 72.2 cm³/mol. The molecular weight excluding hydrogens is 267 g/mol. The summed E-state index contributed by atoms with van der Waals surface area (Å²) in [5, 5.41) is 11.0. The largest absolute Gasteiger partial charge is 0.465 e. The zero-order valence-electron chi connectivity index (χ0n) is 11.5. The third-order valence-corrected chi connectivity index (χ3v) is 2.59. The summed E-state index contributed by atoms with van der Waals surface area (Å²) in [7, 11) is 0. The van der Waals surface area contributed by atoms with Gasteiger partial charge in [0.25, 0.3) is 5.69 Å². The van der Waals surface area contributed by atoms with Crippen LogP contribution < -0.4 is 4.90 Å². The Bertz CT molecular complexity index is 493. The second kappa shape index (κ2) is 7.42. The standard InChI is InChI=1S/C13H17FN2O4/c1-3-7-15(9-13(17)20-4-2)11-6-5-10(14)8-12(11)16(18)19/h5-6,8H,3-4,7,9H2,1-2H3. The van der Waals surface area contributed by atoms with E-state index in [-0.39, 0.29) is 24.5 Å². The Kier molecular flexibility index (Phi) is 5.89. The van der Waals surface area contributed by atoms with Gasteiger partial charge in [0.1, 0.15) is 18.0 Å². The molecule has 0 heterocycles. The zero-order valence-corrected chi connectivity index (χ0v) is 11.5. The van der Waals surface area contributed by atoms with Gasteiger partial charge in [-0.15, -0.1) is 0 Å². The van der Waals surface area contributed by atoms with Gasteiger partial charge in [0.2, 0.25) is 0 Å². The van der Waals surface area contributed by atoms with E-state index < -0.39 is 16.7 Å². The topological polar surface area (TPSA) is 72.7 Å². The Morgan fingerprint density at radius 3 is 2.70 bits per heavy atom. The quantitative estimate of drug-likeness (QED) is 0.437. The highest BCUT2D eigenvalue weighted by molar-refractivity contribution is 5.77. The highest BCUT2D eigenvalue weighted by atomic mass is 19.1. The van der Waals surface area contributed by atoms with Crippen LogP contribution in [-0.4, -0.2) is 30.6 Å². The van der Waals surface area contributed by atoms with E-state index >= 15 is 0 Å². The predicted octanol–water partition coefficient (Wildman–Crippen LogP) is 2.51. The van der Waals surface area contributed by atoms with Gasteiger partial charge in [-0.1, -0.05) is 6.92 Å². The SMILES string of the molecule is CCCN(CC(=O)OCC)c1ccc(F)cc1[N+](=O)[O-]. The van der Waals surface area contributed by atoms with Crippen LogP contribution in [0.15, 0.2) is 18.2 Å². The summed E-state index contributed by atoms with van der Waals surface area (Å²) in [6, 6.07) is 3.29. The van der Waals surface area contributed by atoms with Gasteiger partial charge in [-0.05, 0) is 25.5 Å². The molecule has 7 heteroatoms. The van der Waals surface area contributed by atoms with E-state index in [1.807, 2.05) is 6.92 Å². The summed E-state index contributed by atoms with van der Waals surface area (Å²) >= 11 is 0. The molecule has 0 aliphatic heterocycles. The van der Waals surface area contributed by atoms with E-state index in [1.165, 1.54) is 11.0 Å². The number of carbonyl (C=O) groups is 1. The molecular formula is C13H17FN2O4. The number of carbonyl (C=O) groups excluding carboxylic acids is 1. The van der Waals surface area contributed by atoms with Gasteiger partial charge in [0.15, 0.2) is 0 Å². The van der Waals surface area contributed by atoms with Crippen molar-refractivity contribution in [2.24, 2.45) is 0 Å². The molecule has 110 valence electrons. The Morgan fingerprint density at radius 2 is 2.15 bits per heavy atom. The molecule has 0 radical (unpaired) electrons. The van der Waals surface area contributed by atoms with Crippen LogP contribution >= 0.6 is 0 Å². The first-order chi connectivity index (χ1) is 9.49. The molecule has 0 atom stereocenters. The number of benzene rings is 1. The summed E-state index contributed by atoms with van der Waals surface area (Å²) in [6.45, 7) is 4.14. The highest BCUT2D eigenvalue weighted by Crippen LogP contribution is 2.29. The minimum atomic E-state index is -0.687. The molecule has 0 aliphatic carbocycles. The van der Waals surface area contributed by atoms with E-state index in [2.05, 4.69) is 0 Å². The number of nitro benzene ring substituents is 1. The van der Waals surface area contributed by atoms with Gasteiger partial charge in [-0.2, -0.15) is 0 Å². The van der Waals surface area contributed by atoms with Crippen LogP contribution in [0.5, 0.6) is 0 Å². The lowest BCUT2D eigenvalue weighted by Crippen LogP contribution is -2.32. The molecule has 6 nitrogen and oxygen atoms in total. The number of hydrogen-bond donors (Lipinski definition) is 0. The number of hydrogen-bond acceptors (Lipinski definition) is 5. The first-order valence-electron chi connectivity index (χ1n) is 6.34. The molecule has 0 amide bonds. The average molecular weight is 284 g/mol. The van der Waals surface area contributed by atoms with Crippen LogP contribution in [0.25, 0.3) is 0 Å². The van der Waals surface area contributed by atoms with E-state index in [1.54, 1.807) is 6.92 Å². The summed E-state index contributed by atoms with van der Waals surface area (Å²) < 4.78 is 18.0. The zero-order chi connectivity index (χ0) is 15.1. The van der Waals surface area contributed by atoms with E-state index in [4.69, 9.17) is 4.74 Å². The molecule has 1 aromatic rings. The first kappa shape index (κ1) is 15.9. The third kappa shape index (κ3) is 4.18. The number of anilines is 1. The molecule has 20 heavy (non-hydrogen) atoms. The number of nitro groups is 1. The van der Waals surface area contributed by atoms with Crippen LogP contribution in [0, 0.1) is 15.9 Å². The molecule has 0 N–H and O–H groups in total. The number of ether oxygens (including phenoxy) is 1. The summed E-state index contributed by atoms with van der Waals surface area (Å²) in [4.78, 5) is 23.4. The molecule has 0 saturated carbocycles. The number of nitrogens with zero attached hydrogens (tertiary/aromatic N) is 2.